The molecule has 6 rings (SSSR count). The van der Waals surface area contributed by atoms with Gasteiger partial charge in [0.05, 0.1) is 23.7 Å². The maximum Gasteiger partial charge on any atom is 0.350 e. The average molecular weight is 486 g/mol. The number of benzene rings is 3. The predicted molar refractivity (Wildman–Crippen MR) is 143 cm³/mol. The fourth-order valence-electron chi connectivity index (χ4n) is 5.50. The highest BCUT2D eigenvalue weighted by Gasteiger charge is 2.24. The summed E-state index contributed by atoms with van der Waals surface area (Å²) in [5.41, 5.74) is 5.45. The van der Waals surface area contributed by atoms with Crippen molar-refractivity contribution in [2.45, 2.75) is 25.7 Å². The van der Waals surface area contributed by atoms with Gasteiger partial charge in [0.2, 0.25) is 5.36 Å². The number of fused-ring (bicyclic) bond motifs is 2. The zero-order valence-corrected chi connectivity index (χ0v) is 20.8. The third-order valence-electron chi connectivity index (χ3n) is 7.21. The molecular formula is C29H29N2O3S+. The van der Waals surface area contributed by atoms with Crippen molar-refractivity contribution in [3.63, 3.8) is 0 Å². The molecule has 3 aliphatic heterocycles. The Morgan fingerprint density at radius 1 is 0.943 bits per heavy atom. The largest absolute Gasteiger partial charge is 0.456 e. The van der Waals surface area contributed by atoms with Crippen molar-refractivity contribution < 1.29 is 13.4 Å². The number of anilines is 1. The number of carbonyl (C=O) groups excluding carboxylic acids is 1. The average Bonchev–Trinajstić information content (AvgIpc) is 3.62. The molecule has 6 heteroatoms. The van der Waals surface area contributed by atoms with Crippen LogP contribution in [0.15, 0.2) is 65.1 Å². The predicted octanol–water partition coefficient (Wildman–Crippen LogP) is 5.81. The summed E-state index contributed by atoms with van der Waals surface area (Å²) < 4.78 is 14.3. The number of nitrogens with zero attached hydrogens (tertiary/aromatic N) is 2. The van der Waals surface area contributed by atoms with Gasteiger partial charge in [-0.15, -0.1) is 0 Å². The SMILES string of the molecule is CSOC(=O)c1ccccc1-c1c2ccc(=[N+]3CCCC3)cc-2oc2cc(N3CCCC3)ccc12. The molecule has 0 amide bonds. The smallest absolute Gasteiger partial charge is 0.350 e. The van der Waals surface area contributed by atoms with Crippen molar-refractivity contribution in [1.29, 1.82) is 0 Å². The fraction of sp³-hybridized carbons (Fsp3) is 0.310. The molecule has 2 aromatic rings. The van der Waals surface area contributed by atoms with Gasteiger partial charge in [0.15, 0.2) is 0 Å². The minimum Gasteiger partial charge on any atom is -0.456 e. The lowest BCUT2D eigenvalue weighted by Crippen LogP contribution is -2.26. The molecule has 0 unspecified atom stereocenters. The van der Waals surface area contributed by atoms with Gasteiger partial charge in [0, 0.05) is 66.5 Å². The molecule has 0 N–H and O–H groups in total. The minimum atomic E-state index is -0.336. The van der Waals surface area contributed by atoms with E-state index in [0.717, 1.165) is 71.6 Å². The van der Waals surface area contributed by atoms with Gasteiger partial charge in [-0.05, 0) is 42.7 Å². The molecular weight excluding hydrogens is 456 g/mol. The molecule has 1 aliphatic carbocycles. The van der Waals surface area contributed by atoms with Gasteiger partial charge >= 0.3 is 5.97 Å². The zero-order chi connectivity index (χ0) is 23.8. The molecule has 4 aliphatic rings. The lowest BCUT2D eigenvalue weighted by atomic mass is 9.90. The summed E-state index contributed by atoms with van der Waals surface area (Å²) in [5, 5.41) is 2.19. The van der Waals surface area contributed by atoms with Crippen LogP contribution in [0.25, 0.3) is 33.4 Å². The van der Waals surface area contributed by atoms with E-state index in [1.54, 1.807) is 6.26 Å². The van der Waals surface area contributed by atoms with Crippen LogP contribution in [0.1, 0.15) is 36.0 Å². The Labute approximate surface area is 209 Å². The molecule has 5 nitrogen and oxygen atoms in total. The first-order valence-electron chi connectivity index (χ1n) is 12.4. The lowest BCUT2D eigenvalue weighted by molar-refractivity contribution is 0.0770. The van der Waals surface area contributed by atoms with Crippen LogP contribution in [0.2, 0.25) is 0 Å². The molecule has 0 bridgehead atoms. The Kier molecular flexibility index (Phi) is 5.98. The summed E-state index contributed by atoms with van der Waals surface area (Å²) >= 11 is 1.07. The Morgan fingerprint density at radius 3 is 2.54 bits per heavy atom. The van der Waals surface area contributed by atoms with Gasteiger partial charge in [-0.3, -0.25) is 0 Å². The number of hydrogen-bond donors (Lipinski definition) is 0. The number of carbonyl (C=O) groups is 1. The van der Waals surface area contributed by atoms with Gasteiger partial charge < -0.3 is 13.5 Å². The standard InChI is InChI=1S/C29H29N2O3S/c1-35-34-29(32)23-9-3-2-8-22(23)28-24-12-10-20(30-14-4-5-15-30)18-26(24)33-27-19-21(11-13-25(27)28)31-16-6-7-17-31/h2-3,8-13,18-19H,4-7,14-17H2,1H3/q+1. The maximum atomic E-state index is 12.9. The summed E-state index contributed by atoms with van der Waals surface area (Å²) in [6.45, 7) is 4.31. The van der Waals surface area contributed by atoms with Crippen LogP contribution in [0, 0.1) is 0 Å². The highest BCUT2D eigenvalue weighted by atomic mass is 32.2. The quantitative estimate of drug-likeness (QED) is 0.208. The van der Waals surface area contributed by atoms with Gasteiger partial charge in [0.25, 0.3) is 0 Å². The summed E-state index contributed by atoms with van der Waals surface area (Å²) in [4.78, 5) is 15.3. The molecule has 3 heterocycles. The van der Waals surface area contributed by atoms with E-state index in [9.17, 15) is 4.79 Å². The van der Waals surface area contributed by atoms with E-state index in [4.69, 9.17) is 8.60 Å². The van der Waals surface area contributed by atoms with Gasteiger partial charge in [-0.2, -0.15) is 0 Å². The van der Waals surface area contributed by atoms with E-state index >= 15 is 0 Å². The second-order valence-electron chi connectivity index (χ2n) is 9.31. The third-order valence-corrected chi connectivity index (χ3v) is 7.52. The lowest BCUT2D eigenvalue weighted by Gasteiger charge is -2.20. The Bertz CT molecular complexity index is 1440. The van der Waals surface area contributed by atoms with Crippen LogP contribution in [0.5, 0.6) is 0 Å². The second kappa shape index (κ2) is 9.42. The van der Waals surface area contributed by atoms with Crippen molar-refractivity contribution in [1.82, 2.24) is 4.58 Å². The fourth-order valence-corrected chi connectivity index (χ4v) is 5.74. The Balaban J connectivity index is 1.64. The van der Waals surface area contributed by atoms with E-state index in [1.807, 2.05) is 24.3 Å². The van der Waals surface area contributed by atoms with E-state index in [0.29, 0.717) is 5.56 Å². The van der Waals surface area contributed by atoms with Crippen molar-refractivity contribution in [2.75, 3.05) is 37.3 Å². The first kappa shape index (κ1) is 22.2. The molecule has 0 spiro atoms. The van der Waals surface area contributed by atoms with Crippen LogP contribution in [-0.4, -0.2) is 38.4 Å². The number of hydrogen-bond acceptors (Lipinski definition) is 5. The Morgan fingerprint density at radius 2 is 1.74 bits per heavy atom. The molecule has 35 heavy (non-hydrogen) atoms. The van der Waals surface area contributed by atoms with E-state index in [1.165, 1.54) is 36.7 Å². The molecule has 0 saturated carbocycles. The minimum absolute atomic E-state index is 0.336. The molecule has 178 valence electrons. The second-order valence-corrected chi connectivity index (χ2v) is 9.81. The van der Waals surface area contributed by atoms with Crippen LogP contribution < -0.4 is 14.8 Å². The normalized spacial score (nSPS) is 15.9. The summed E-state index contributed by atoms with van der Waals surface area (Å²) in [6.07, 6.45) is 6.65. The van der Waals surface area contributed by atoms with Crippen molar-refractivity contribution >= 4 is 34.7 Å². The van der Waals surface area contributed by atoms with Crippen LogP contribution in [0.4, 0.5) is 5.69 Å². The topological polar surface area (TPSA) is 45.7 Å². The van der Waals surface area contributed by atoms with E-state index < -0.39 is 0 Å². The monoisotopic (exact) mass is 485 g/mol. The van der Waals surface area contributed by atoms with Crippen LogP contribution in [-0.2, 0) is 4.18 Å². The molecule has 2 fully saturated rings. The molecule has 0 radical (unpaired) electrons. The molecule has 2 aromatic carbocycles. The highest BCUT2D eigenvalue weighted by Crippen LogP contribution is 2.42. The van der Waals surface area contributed by atoms with Crippen LogP contribution >= 0.6 is 12.0 Å². The van der Waals surface area contributed by atoms with Gasteiger partial charge in [-0.1, -0.05) is 18.2 Å². The van der Waals surface area contributed by atoms with Crippen molar-refractivity contribution in [2.24, 2.45) is 0 Å². The first-order valence-corrected chi connectivity index (χ1v) is 13.6. The van der Waals surface area contributed by atoms with Crippen LogP contribution in [0.3, 0.4) is 0 Å². The number of rotatable bonds is 4. The third kappa shape index (κ3) is 4.10. The first-order chi connectivity index (χ1) is 17.2. The Hall–Kier alpha value is -3.25. The van der Waals surface area contributed by atoms with Crippen molar-refractivity contribution in [3.05, 3.63) is 71.6 Å². The molecule has 0 aromatic heterocycles. The van der Waals surface area contributed by atoms with Gasteiger partial charge in [-0.25, -0.2) is 9.37 Å². The zero-order valence-electron chi connectivity index (χ0n) is 20.0. The summed E-state index contributed by atoms with van der Waals surface area (Å²) in [7, 11) is 0. The molecule has 2 saturated heterocycles. The van der Waals surface area contributed by atoms with Gasteiger partial charge in [0.1, 0.15) is 24.4 Å². The van der Waals surface area contributed by atoms with E-state index in [2.05, 4.69) is 45.9 Å². The van der Waals surface area contributed by atoms with Crippen molar-refractivity contribution in [3.8, 4) is 22.5 Å². The van der Waals surface area contributed by atoms with E-state index in [-0.39, 0.29) is 5.97 Å². The summed E-state index contributed by atoms with van der Waals surface area (Å²) in [6, 6.07) is 20.7. The summed E-state index contributed by atoms with van der Waals surface area (Å²) in [5.74, 6) is 0.501. The maximum absolute atomic E-state index is 12.9. The highest BCUT2D eigenvalue weighted by molar-refractivity contribution is 7.94. The molecule has 0 atom stereocenters.